The lowest BCUT2D eigenvalue weighted by Crippen LogP contribution is -2.71. The third kappa shape index (κ3) is 4.65. The molecule has 6 N–H and O–H groups in total. The number of nitrogens with zero attached hydrogens (tertiary/aromatic N) is 5. The summed E-state index contributed by atoms with van der Waals surface area (Å²) in [6.07, 6.45) is 0. The van der Waals surface area contributed by atoms with E-state index in [2.05, 4.69) is 25.7 Å². The molecule has 1 saturated heterocycles. The highest BCUT2D eigenvalue weighted by molar-refractivity contribution is 8.01. The predicted molar refractivity (Wildman–Crippen MR) is 130 cm³/mol. The molecule has 1 unspecified atom stereocenters. The summed E-state index contributed by atoms with van der Waals surface area (Å²) in [6, 6.07) is -0.971. The minimum Gasteiger partial charge on any atom is -0.477 e. The van der Waals surface area contributed by atoms with E-state index in [1.807, 2.05) is 0 Å². The number of nitrogen functional groups attached to an aromatic ring is 2. The first-order chi connectivity index (χ1) is 16.2. The summed E-state index contributed by atoms with van der Waals surface area (Å²) in [5.41, 5.74) is 11.4. The largest absolute Gasteiger partial charge is 0.477 e. The van der Waals surface area contributed by atoms with Crippen LogP contribution in [0.4, 0.5) is 10.3 Å². The first-order valence-corrected chi connectivity index (χ1v) is 13.2. The fourth-order valence-electron chi connectivity index (χ4n) is 3.18. The molecule has 0 spiro atoms. The van der Waals surface area contributed by atoms with E-state index in [4.69, 9.17) is 27.9 Å². The second kappa shape index (κ2) is 9.95. The van der Waals surface area contributed by atoms with Gasteiger partial charge in [0, 0.05) is 11.5 Å². The van der Waals surface area contributed by atoms with E-state index >= 15 is 0 Å². The Morgan fingerprint density at radius 1 is 1.35 bits per heavy atom. The summed E-state index contributed by atoms with van der Waals surface area (Å²) >= 11 is 10.8. The lowest BCUT2D eigenvalue weighted by Gasteiger charge is -2.49. The normalized spacial score (nSPS) is 20.1. The quantitative estimate of drug-likeness (QED) is 0.152. The van der Waals surface area contributed by atoms with E-state index in [1.165, 1.54) is 46.9 Å². The van der Waals surface area contributed by atoms with Gasteiger partial charge < -0.3 is 26.7 Å². The highest BCUT2D eigenvalue weighted by Crippen LogP contribution is 2.42. The van der Waals surface area contributed by atoms with Crippen LogP contribution in [-0.4, -0.2) is 78.7 Å². The molecule has 0 aromatic carbocycles. The Balaban J connectivity index is 1.50. The number of thiazole rings is 1. The molecule has 2 aromatic rings. The highest BCUT2D eigenvalue weighted by Gasteiger charge is 2.54. The number of carbonyl (C=O) groups is 3. The third-order valence-corrected chi connectivity index (χ3v) is 8.95. The van der Waals surface area contributed by atoms with Crippen LogP contribution in [0.15, 0.2) is 20.8 Å². The van der Waals surface area contributed by atoms with Gasteiger partial charge in [-0.15, -0.1) is 22.0 Å². The lowest BCUT2D eigenvalue weighted by atomic mass is 10.0. The van der Waals surface area contributed by atoms with Crippen molar-refractivity contribution < 1.29 is 24.3 Å². The number of thioether (sulfide) groups is 2. The van der Waals surface area contributed by atoms with Gasteiger partial charge >= 0.3 is 5.97 Å². The molecule has 180 valence electrons. The second-order valence-electron chi connectivity index (χ2n) is 6.61. The van der Waals surface area contributed by atoms with Gasteiger partial charge in [0.05, 0.1) is 0 Å². The van der Waals surface area contributed by atoms with Crippen molar-refractivity contribution in [1.82, 2.24) is 25.4 Å². The highest BCUT2D eigenvalue weighted by atomic mass is 35.5. The van der Waals surface area contributed by atoms with Crippen LogP contribution in [0.2, 0.25) is 4.34 Å². The summed E-state index contributed by atoms with van der Waals surface area (Å²) in [5, 5.41) is 23.5. The zero-order valence-corrected chi connectivity index (χ0v) is 21.1. The van der Waals surface area contributed by atoms with Crippen molar-refractivity contribution in [1.29, 1.82) is 0 Å². The molecule has 2 atom stereocenters. The molecule has 4 heterocycles. The molecule has 4 rings (SSSR count). The van der Waals surface area contributed by atoms with E-state index in [-0.39, 0.29) is 26.6 Å². The SMILES string of the molecule is CON=C(C(=O)NC1C(=O)N2C(C(=O)O)=C(CSc3nnc(N)s3)CS[C@@H]12)c1nc(N)sc1Cl. The van der Waals surface area contributed by atoms with Gasteiger partial charge in [-0.05, 0) is 5.57 Å². The van der Waals surface area contributed by atoms with Gasteiger partial charge in [-0.25, -0.2) is 9.78 Å². The molecule has 2 aliphatic heterocycles. The van der Waals surface area contributed by atoms with Gasteiger partial charge in [0.2, 0.25) is 5.13 Å². The smallest absolute Gasteiger partial charge is 0.352 e. The number of nitrogens with two attached hydrogens (primary N) is 2. The molecule has 2 aromatic heterocycles. The number of hydrogen-bond acceptors (Lipinski definition) is 14. The maximum atomic E-state index is 12.9. The van der Waals surface area contributed by atoms with E-state index in [0.29, 0.717) is 26.6 Å². The number of halogens is 1. The monoisotopic (exact) mass is 562 g/mol. The number of anilines is 2. The second-order valence-corrected chi connectivity index (χ2v) is 11.6. The number of hydrogen-bond donors (Lipinski definition) is 4. The maximum absolute atomic E-state index is 12.9. The van der Waals surface area contributed by atoms with Crippen molar-refractivity contribution in [3.8, 4) is 0 Å². The van der Waals surface area contributed by atoms with Gasteiger partial charge in [0.1, 0.15) is 34.3 Å². The molecule has 2 amide bonds. The molecule has 2 aliphatic rings. The molecular weight excluding hydrogens is 548 g/mol. The number of amides is 2. The Morgan fingerprint density at radius 3 is 2.71 bits per heavy atom. The van der Waals surface area contributed by atoms with Crippen LogP contribution in [-0.2, 0) is 19.2 Å². The van der Waals surface area contributed by atoms with Crippen LogP contribution in [0.25, 0.3) is 0 Å². The molecule has 0 radical (unpaired) electrons. The Morgan fingerprint density at radius 2 is 2.12 bits per heavy atom. The summed E-state index contributed by atoms with van der Waals surface area (Å²) in [6.45, 7) is 0. The molecule has 0 aliphatic carbocycles. The number of carboxylic acid groups (broad SMARTS) is 1. The summed E-state index contributed by atoms with van der Waals surface area (Å²) < 4.78 is 0.723. The van der Waals surface area contributed by atoms with Crippen molar-refractivity contribution in [3.05, 3.63) is 21.3 Å². The first kappa shape index (κ1) is 24.5. The zero-order valence-electron chi connectivity index (χ0n) is 17.1. The van der Waals surface area contributed by atoms with Crippen molar-refractivity contribution in [2.75, 3.05) is 30.1 Å². The van der Waals surface area contributed by atoms with Gasteiger partial charge in [-0.2, -0.15) is 0 Å². The van der Waals surface area contributed by atoms with Crippen LogP contribution in [0, 0.1) is 0 Å². The summed E-state index contributed by atoms with van der Waals surface area (Å²) in [7, 11) is 1.24. The number of fused-ring (bicyclic) bond motifs is 1. The van der Waals surface area contributed by atoms with Crippen molar-refractivity contribution in [2.24, 2.45) is 5.16 Å². The lowest BCUT2D eigenvalue weighted by molar-refractivity contribution is -0.150. The molecule has 34 heavy (non-hydrogen) atoms. The van der Waals surface area contributed by atoms with E-state index in [0.717, 1.165) is 11.3 Å². The van der Waals surface area contributed by atoms with Crippen LogP contribution in [0.5, 0.6) is 0 Å². The Labute approximate surface area is 212 Å². The maximum Gasteiger partial charge on any atom is 0.352 e. The Hall–Kier alpha value is -2.60. The Bertz CT molecular complexity index is 1230. The number of rotatable bonds is 8. The molecule has 13 nitrogen and oxygen atoms in total. The number of β-lactam (4-membered cyclic amide) rings is 1. The fourth-order valence-corrected chi connectivity index (χ4v) is 7.23. The van der Waals surface area contributed by atoms with Crippen molar-refractivity contribution in [2.45, 2.75) is 15.8 Å². The summed E-state index contributed by atoms with van der Waals surface area (Å²) in [4.78, 5) is 47.6. The number of oxime groups is 1. The van der Waals surface area contributed by atoms with Gasteiger partial charge in [-0.1, -0.05) is 51.2 Å². The number of aliphatic carboxylic acids is 1. The average molecular weight is 563 g/mol. The number of carboxylic acids is 1. The van der Waals surface area contributed by atoms with Crippen molar-refractivity contribution in [3.63, 3.8) is 0 Å². The van der Waals surface area contributed by atoms with Crippen LogP contribution >= 0.6 is 57.8 Å². The minimum absolute atomic E-state index is 0.0196. The topological polar surface area (TPSA) is 199 Å². The van der Waals surface area contributed by atoms with E-state index in [9.17, 15) is 19.5 Å². The molecule has 0 saturated carbocycles. The predicted octanol–water partition coefficient (Wildman–Crippen LogP) is 0.694. The standard InChI is InChI=1S/C16H15ClN8O5S4/c1-30-24-6(5-9(17)33-14(18)21-5)10(26)20-7-11(27)25-8(13(28)29)4(2-31-12(7)25)3-32-16-23-22-15(19)34-16/h7,12H,2-3H2,1H3,(H2,18,21)(H2,19,22)(H,20,26)(H,28,29)/t7?,12-/m0/s1. The van der Waals surface area contributed by atoms with Gasteiger partial charge in [-0.3, -0.25) is 14.5 Å². The number of aromatic nitrogens is 3. The molecule has 0 bridgehead atoms. The van der Waals surface area contributed by atoms with Gasteiger partial charge in [0.25, 0.3) is 11.8 Å². The van der Waals surface area contributed by atoms with Crippen LogP contribution in [0.1, 0.15) is 5.69 Å². The minimum atomic E-state index is -1.23. The van der Waals surface area contributed by atoms with Crippen molar-refractivity contribution >= 4 is 91.6 Å². The molecular formula is C16H15ClN8O5S4. The zero-order chi connectivity index (χ0) is 24.6. The van der Waals surface area contributed by atoms with Gasteiger partial charge in [0.15, 0.2) is 15.2 Å². The number of carbonyl (C=O) groups excluding carboxylic acids is 2. The molecule has 18 heteroatoms. The average Bonchev–Trinajstić information content (AvgIpc) is 3.36. The number of nitrogens with one attached hydrogen (secondary N) is 1. The fraction of sp³-hybridized carbons (Fsp3) is 0.312. The van der Waals surface area contributed by atoms with E-state index < -0.39 is 29.2 Å². The molecule has 1 fully saturated rings. The first-order valence-electron chi connectivity index (χ1n) is 9.17. The van der Waals surface area contributed by atoms with Crippen LogP contribution < -0.4 is 16.8 Å². The summed E-state index contributed by atoms with van der Waals surface area (Å²) in [5.74, 6) is -1.92. The Kier molecular flexibility index (Phi) is 7.17. The van der Waals surface area contributed by atoms with E-state index in [1.54, 1.807) is 0 Å². The third-order valence-electron chi connectivity index (χ3n) is 4.55. The van der Waals surface area contributed by atoms with Crippen LogP contribution in [0.3, 0.4) is 0 Å².